The lowest BCUT2D eigenvalue weighted by molar-refractivity contribution is -0.603. The fourth-order valence-electron chi connectivity index (χ4n) is 5.28. The van der Waals surface area contributed by atoms with E-state index in [-0.39, 0.29) is 56.7 Å². The second-order valence-electron chi connectivity index (χ2n) is 11.1. The number of aromatic hydroxyl groups is 1. The largest absolute Gasteiger partial charge is 0.476 e. The number of esters is 2. The maximum atomic E-state index is 11.9. The average molecular weight is 750 g/mol. The Bertz CT molecular complexity index is 2610. The number of nitrogens with zero attached hydrogens (tertiary/aromatic N) is 7. The van der Waals surface area contributed by atoms with Crippen molar-refractivity contribution in [3.63, 3.8) is 0 Å². The minimum atomic E-state index is -0.585. The normalized spacial score (nSPS) is 11.9. The van der Waals surface area contributed by atoms with E-state index in [9.17, 15) is 35.7 Å². The van der Waals surface area contributed by atoms with E-state index < -0.39 is 17.9 Å². The summed E-state index contributed by atoms with van der Waals surface area (Å²) in [6, 6.07) is 27.9. The fraction of sp³-hybridized carbons (Fsp3) is 0.0455. The quantitative estimate of drug-likeness (QED) is 0.0494. The van der Waals surface area contributed by atoms with Crippen LogP contribution < -0.4 is 4.57 Å². The van der Waals surface area contributed by atoms with E-state index in [0.717, 1.165) is 0 Å². The summed E-state index contributed by atoms with van der Waals surface area (Å²) in [6.45, 7) is 15.1. The number of hydrogen-bond donors (Lipinski definition) is 1. The van der Waals surface area contributed by atoms with E-state index in [4.69, 9.17) is 27.0 Å². The highest BCUT2D eigenvalue weighted by Crippen LogP contribution is 2.31. The molecule has 13 nitrogen and oxygen atoms in total. The minimum absolute atomic E-state index is 0.0281. The number of hydrogen-bond acceptors (Lipinski definition) is 10. The van der Waals surface area contributed by atoms with E-state index in [0.29, 0.717) is 16.8 Å². The van der Waals surface area contributed by atoms with Crippen molar-refractivity contribution in [2.75, 3.05) is 14.2 Å². The molecule has 1 N–H and O–H groups in total. The van der Waals surface area contributed by atoms with Crippen molar-refractivity contribution in [2.45, 2.75) is 0 Å². The summed E-state index contributed by atoms with van der Waals surface area (Å²) >= 11 is 0. The molecule has 57 heavy (non-hydrogen) atoms. The smallest absolute Gasteiger partial charge is 0.382 e. The number of ether oxygens (including phenoxy) is 2. The molecule has 0 saturated heterocycles. The zero-order valence-electron chi connectivity index (χ0n) is 30.2. The Labute approximate surface area is 327 Å². The first-order chi connectivity index (χ1) is 27.7. The van der Waals surface area contributed by atoms with Crippen LogP contribution in [-0.4, -0.2) is 31.3 Å². The summed E-state index contributed by atoms with van der Waals surface area (Å²) in [6.07, 6.45) is 10.1. The van der Waals surface area contributed by atoms with Crippen LogP contribution in [0.3, 0.4) is 0 Å². The van der Waals surface area contributed by atoms with Crippen LogP contribution in [0.4, 0.5) is 0 Å². The van der Waals surface area contributed by atoms with Gasteiger partial charge >= 0.3 is 23.8 Å². The molecule has 0 atom stereocenters. The average Bonchev–Trinajstić information content (AvgIpc) is 3.57. The zero-order chi connectivity index (χ0) is 41.3. The van der Waals surface area contributed by atoms with Crippen molar-refractivity contribution in [2.24, 2.45) is 0 Å². The Balaban J connectivity index is 1.77. The van der Waals surface area contributed by atoms with Gasteiger partial charge in [0.15, 0.2) is 0 Å². The molecule has 0 aliphatic rings. The molecule has 0 amide bonds. The molecule has 1 aromatic heterocycles. The fourth-order valence-corrected chi connectivity index (χ4v) is 5.28. The monoisotopic (exact) mass is 749 g/mol. The Hall–Kier alpha value is -9.14. The molecule has 0 radical (unpaired) electrons. The third kappa shape index (κ3) is 9.46. The second kappa shape index (κ2) is 19.6. The van der Waals surface area contributed by atoms with Crippen LogP contribution in [-0.2, 0) is 9.47 Å². The van der Waals surface area contributed by atoms with Gasteiger partial charge in [0.05, 0.1) is 68.3 Å². The van der Waals surface area contributed by atoms with E-state index in [1.807, 2.05) is 24.3 Å². The molecule has 0 aliphatic heterocycles. The molecular weight excluding hydrogens is 723 g/mol. The van der Waals surface area contributed by atoms with Gasteiger partial charge in [0.2, 0.25) is 11.7 Å². The van der Waals surface area contributed by atoms with Gasteiger partial charge in [-0.2, -0.15) is 10.8 Å². The van der Waals surface area contributed by atoms with Gasteiger partial charge in [-0.05, 0) is 29.8 Å². The number of carbonyl (C=O) groups is 2. The first-order valence-electron chi connectivity index (χ1n) is 16.3. The molecule has 0 saturated carbocycles. The third-order valence-corrected chi connectivity index (χ3v) is 7.90. The number of rotatable bonds is 12. The van der Waals surface area contributed by atoms with Gasteiger partial charge in [0.1, 0.15) is 0 Å². The Morgan fingerprint density at radius 2 is 1.39 bits per heavy atom. The van der Waals surface area contributed by atoms with Crippen LogP contribution in [0.25, 0.3) is 38.7 Å². The molecule has 0 fully saturated rings. The summed E-state index contributed by atoms with van der Waals surface area (Å²) in [4.78, 5) is 30.4. The molecule has 4 aromatic rings. The third-order valence-electron chi connectivity index (χ3n) is 7.90. The van der Waals surface area contributed by atoms with E-state index in [2.05, 4.69) is 9.69 Å². The van der Waals surface area contributed by atoms with Gasteiger partial charge in [0, 0.05) is 23.8 Å². The predicted octanol–water partition coefficient (Wildman–Crippen LogP) is 7.67. The molecule has 4 rings (SSSR count). The Kier molecular flexibility index (Phi) is 14.0. The molecule has 0 unspecified atom stereocenters. The summed E-state index contributed by atoms with van der Waals surface area (Å²) < 4.78 is 16.7. The predicted molar refractivity (Wildman–Crippen MR) is 205 cm³/mol. The molecular formula is C44H27N7O6. The van der Waals surface area contributed by atoms with Gasteiger partial charge in [-0.25, -0.2) is 35.1 Å². The van der Waals surface area contributed by atoms with Crippen LogP contribution in [0.1, 0.15) is 43.4 Å². The number of carbonyl (C=O) groups excluding carboxylic acids is 2. The number of benzene rings is 3. The maximum absolute atomic E-state index is 11.9. The molecule has 13 heteroatoms. The highest BCUT2D eigenvalue weighted by atomic mass is 16.5. The number of aromatic nitrogens is 1. The van der Waals surface area contributed by atoms with E-state index in [1.54, 1.807) is 34.9 Å². The van der Waals surface area contributed by atoms with Crippen molar-refractivity contribution in [3.05, 3.63) is 189 Å². The maximum Gasteiger partial charge on any atom is 0.382 e. The van der Waals surface area contributed by atoms with Crippen LogP contribution in [0.5, 0.6) is 5.95 Å². The summed E-state index contributed by atoms with van der Waals surface area (Å²) in [5.74, 6) is -1.55. The molecule has 3 aromatic carbocycles. The lowest BCUT2D eigenvalue weighted by Gasteiger charge is -2.20. The van der Waals surface area contributed by atoms with Crippen molar-refractivity contribution in [1.82, 2.24) is 0 Å². The number of methoxy groups -OCH3 is 2. The second-order valence-corrected chi connectivity index (χ2v) is 11.1. The van der Waals surface area contributed by atoms with Gasteiger partial charge < -0.3 is 19.0 Å². The van der Waals surface area contributed by atoms with Crippen LogP contribution in [0, 0.1) is 64.5 Å². The summed E-state index contributed by atoms with van der Waals surface area (Å²) in [5.41, 5.74) is 1.54. The van der Waals surface area contributed by atoms with Gasteiger partial charge in [-0.1, -0.05) is 66.3 Å². The van der Waals surface area contributed by atoms with Crippen LogP contribution >= 0.6 is 0 Å². The molecule has 0 spiro atoms. The summed E-state index contributed by atoms with van der Waals surface area (Å²) in [7, 11) is 2.47. The number of nitriles is 4. The topological polar surface area (TPSA) is 194 Å². The number of allylic oxidation sites excluding steroid dienone is 9. The highest BCUT2D eigenvalue weighted by Gasteiger charge is 2.27. The number of oxazole rings is 1. The zero-order valence-corrected chi connectivity index (χ0v) is 30.2. The molecule has 274 valence electrons. The SMILES string of the molecule is [C-]#[N+]C(C#N)=C(C(C#N)=CC=Cc1oc(O)c(C=CC=CC(C#N)=C(c2ccc(C(=O)OC)cc2)[C-](C#N)[N+]#[C-])[n+]1-c1ccccc1)c1ccc(C(=O)OC)cc1. The van der Waals surface area contributed by atoms with Gasteiger partial charge in [-0.15, -0.1) is 28.3 Å². The van der Waals surface area contributed by atoms with Crippen molar-refractivity contribution < 1.29 is 33.2 Å². The Morgan fingerprint density at radius 3 is 1.89 bits per heavy atom. The summed E-state index contributed by atoms with van der Waals surface area (Å²) in [5, 5.41) is 50.5. The minimum Gasteiger partial charge on any atom is -0.476 e. The first kappa shape index (κ1) is 40.6. The van der Waals surface area contributed by atoms with Crippen LogP contribution in [0.15, 0.2) is 131 Å². The van der Waals surface area contributed by atoms with E-state index in [1.165, 1.54) is 105 Å². The Morgan fingerprint density at radius 1 is 0.789 bits per heavy atom. The van der Waals surface area contributed by atoms with E-state index >= 15 is 0 Å². The van der Waals surface area contributed by atoms with Gasteiger partial charge in [0.25, 0.3) is 11.4 Å². The lowest BCUT2D eigenvalue weighted by Crippen LogP contribution is -2.34. The van der Waals surface area contributed by atoms with Crippen molar-refractivity contribution >= 4 is 35.2 Å². The van der Waals surface area contributed by atoms with Gasteiger partial charge in [-0.3, -0.25) is 0 Å². The lowest BCUT2D eigenvalue weighted by atomic mass is 9.93. The van der Waals surface area contributed by atoms with Crippen molar-refractivity contribution in [1.29, 1.82) is 21.0 Å². The number of para-hydroxylation sites is 1. The molecule has 0 bridgehead atoms. The molecule has 1 heterocycles. The molecule has 0 aliphatic carbocycles. The van der Waals surface area contributed by atoms with Crippen LogP contribution in [0.2, 0.25) is 0 Å². The standard InChI is InChI=1S/C44H27N7O6/c1-49-36(27-47)40(29-17-21-31(22-18-29)42(52)55-3)33(25-45)11-8-9-15-38-44(54)57-39(51(38)35-13-6-5-7-14-35)16-10-12-34(26-46)41(37(28-48)50-2)30-19-23-32(24-20-30)43(53)56-4/h5-24,54H,3-4H3. The van der Waals surface area contributed by atoms with Crippen molar-refractivity contribution in [3.8, 4) is 35.9 Å². The highest BCUT2D eigenvalue weighted by molar-refractivity contribution is 5.93. The first-order valence-corrected chi connectivity index (χ1v) is 16.3.